The van der Waals surface area contributed by atoms with E-state index in [4.69, 9.17) is 0 Å². The van der Waals surface area contributed by atoms with Gasteiger partial charge in [-0.3, -0.25) is 9.78 Å². The number of carbonyl (C=O) groups is 1. The molecular formula is C18H22FN3O3S. The smallest absolute Gasteiger partial charge is 0.237 e. The Morgan fingerprint density at radius 1 is 1.15 bits per heavy atom. The highest BCUT2D eigenvalue weighted by molar-refractivity contribution is 7.88. The number of carbonyl (C=O) groups excluding carboxylic acids is 1. The van der Waals surface area contributed by atoms with Crippen LogP contribution in [0.15, 0.2) is 48.8 Å². The van der Waals surface area contributed by atoms with E-state index in [1.54, 1.807) is 25.5 Å². The van der Waals surface area contributed by atoms with Crippen LogP contribution in [-0.2, 0) is 27.8 Å². The van der Waals surface area contributed by atoms with Crippen LogP contribution in [0.3, 0.4) is 0 Å². The van der Waals surface area contributed by atoms with E-state index in [0.717, 1.165) is 16.1 Å². The van der Waals surface area contributed by atoms with Crippen LogP contribution in [0.5, 0.6) is 0 Å². The molecule has 140 valence electrons. The highest BCUT2D eigenvalue weighted by Crippen LogP contribution is 2.12. The Morgan fingerprint density at radius 3 is 2.42 bits per heavy atom. The summed E-state index contributed by atoms with van der Waals surface area (Å²) >= 11 is 0. The number of nitrogens with zero attached hydrogens (tertiary/aromatic N) is 3. The van der Waals surface area contributed by atoms with E-state index in [1.165, 1.54) is 23.1 Å². The molecule has 1 heterocycles. The normalized spacial score (nSPS) is 11.5. The van der Waals surface area contributed by atoms with Gasteiger partial charge in [-0.05, 0) is 30.2 Å². The number of pyridine rings is 1. The minimum Gasteiger partial charge on any atom is -0.344 e. The number of likely N-dealkylation sites (N-methyl/N-ethyl adjacent to an activating group) is 1. The Bertz CT molecular complexity index is 844. The van der Waals surface area contributed by atoms with Gasteiger partial charge in [-0.1, -0.05) is 18.2 Å². The lowest BCUT2D eigenvalue weighted by Gasteiger charge is -2.23. The van der Waals surface area contributed by atoms with Crippen molar-refractivity contribution in [2.75, 3.05) is 26.4 Å². The average molecular weight is 379 g/mol. The van der Waals surface area contributed by atoms with Gasteiger partial charge in [0, 0.05) is 38.1 Å². The van der Waals surface area contributed by atoms with Crippen molar-refractivity contribution in [1.29, 1.82) is 0 Å². The SMILES string of the molecule is CN(CCc1ccncc1)C(=O)CN(Cc1ccccc1F)S(C)(=O)=O. The Balaban J connectivity index is 2.01. The molecule has 0 aliphatic rings. The monoisotopic (exact) mass is 379 g/mol. The summed E-state index contributed by atoms with van der Waals surface area (Å²) in [5.74, 6) is -0.847. The molecule has 0 spiro atoms. The summed E-state index contributed by atoms with van der Waals surface area (Å²) in [6.45, 7) is -0.0738. The second-order valence-electron chi connectivity index (χ2n) is 6.04. The van der Waals surface area contributed by atoms with Crippen LogP contribution in [0, 0.1) is 5.82 Å². The van der Waals surface area contributed by atoms with Crippen molar-refractivity contribution in [2.45, 2.75) is 13.0 Å². The lowest BCUT2D eigenvalue weighted by Crippen LogP contribution is -2.41. The maximum absolute atomic E-state index is 13.8. The van der Waals surface area contributed by atoms with E-state index < -0.39 is 15.8 Å². The molecule has 6 nitrogen and oxygen atoms in total. The number of hydrogen-bond acceptors (Lipinski definition) is 4. The molecule has 0 aliphatic carbocycles. The van der Waals surface area contributed by atoms with Crippen LogP contribution < -0.4 is 0 Å². The third kappa shape index (κ3) is 5.89. The second kappa shape index (κ2) is 8.86. The maximum Gasteiger partial charge on any atom is 0.237 e. The molecule has 0 bridgehead atoms. The van der Waals surface area contributed by atoms with Gasteiger partial charge in [0.1, 0.15) is 5.82 Å². The molecule has 2 aromatic rings. The molecular weight excluding hydrogens is 357 g/mol. The minimum atomic E-state index is -3.66. The number of rotatable bonds is 8. The van der Waals surface area contributed by atoms with Crippen LogP contribution in [0.4, 0.5) is 4.39 Å². The molecule has 0 saturated heterocycles. The van der Waals surface area contributed by atoms with Gasteiger partial charge < -0.3 is 4.90 Å². The van der Waals surface area contributed by atoms with E-state index in [0.29, 0.717) is 13.0 Å². The molecule has 0 N–H and O–H groups in total. The zero-order valence-corrected chi connectivity index (χ0v) is 15.6. The number of amides is 1. The van der Waals surface area contributed by atoms with Gasteiger partial charge in [-0.2, -0.15) is 4.31 Å². The molecule has 0 unspecified atom stereocenters. The van der Waals surface area contributed by atoms with Gasteiger partial charge in [0.15, 0.2) is 0 Å². The van der Waals surface area contributed by atoms with Gasteiger partial charge in [-0.25, -0.2) is 12.8 Å². The third-order valence-electron chi connectivity index (χ3n) is 4.00. The van der Waals surface area contributed by atoms with Crippen molar-refractivity contribution < 1.29 is 17.6 Å². The van der Waals surface area contributed by atoms with Crippen molar-refractivity contribution in [3.8, 4) is 0 Å². The summed E-state index contributed by atoms with van der Waals surface area (Å²) in [4.78, 5) is 17.8. The highest BCUT2D eigenvalue weighted by Gasteiger charge is 2.23. The number of sulfonamides is 1. The fourth-order valence-electron chi connectivity index (χ4n) is 2.35. The fourth-order valence-corrected chi connectivity index (χ4v) is 3.07. The van der Waals surface area contributed by atoms with E-state index in [1.807, 2.05) is 12.1 Å². The Hall–Kier alpha value is -2.32. The average Bonchev–Trinajstić information content (AvgIpc) is 2.60. The molecule has 0 atom stereocenters. The first-order valence-electron chi connectivity index (χ1n) is 8.09. The van der Waals surface area contributed by atoms with E-state index in [-0.39, 0.29) is 24.6 Å². The topological polar surface area (TPSA) is 70.6 Å². The van der Waals surface area contributed by atoms with Gasteiger partial charge >= 0.3 is 0 Å². The van der Waals surface area contributed by atoms with Gasteiger partial charge in [-0.15, -0.1) is 0 Å². The van der Waals surface area contributed by atoms with Gasteiger partial charge in [0.05, 0.1) is 12.8 Å². The standard InChI is InChI=1S/C18H22FN3O3S/c1-21(12-9-15-7-10-20-11-8-15)18(23)14-22(26(2,24)25)13-16-5-3-4-6-17(16)19/h3-8,10-11H,9,12-14H2,1-2H3. The lowest BCUT2D eigenvalue weighted by molar-refractivity contribution is -0.130. The largest absolute Gasteiger partial charge is 0.344 e. The maximum atomic E-state index is 13.8. The Kier molecular flexibility index (Phi) is 6.82. The molecule has 0 saturated carbocycles. The Labute approximate surface area is 153 Å². The first kappa shape index (κ1) is 20.0. The van der Waals surface area contributed by atoms with Crippen molar-refractivity contribution in [3.63, 3.8) is 0 Å². The molecule has 1 amide bonds. The Morgan fingerprint density at radius 2 is 1.81 bits per heavy atom. The summed E-state index contributed by atoms with van der Waals surface area (Å²) in [5.41, 5.74) is 1.26. The first-order valence-corrected chi connectivity index (χ1v) is 9.93. The van der Waals surface area contributed by atoms with Crippen LogP contribution in [0.25, 0.3) is 0 Å². The molecule has 1 aromatic heterocycles. The molecule has 0 fully saturated rings. The number of hydrogen-bond donors (Lipinski definition) is 0. The van der Waals surface area contributed by atoms with Crippen LogP contribution in [0.2, 0.25) is 0 Å². The van der Waals surface area contributed by atoms with Crippen molar-refractivity contribution in [1.82, 2.24) is 14.2 Å². The summed E-state index contributed by atoms with van der Waals surface area (Å²) < 4.78 is 38.8. The van der Waals surface area contributed by atoms with E-state index in [9.17, 15) is 17.6 Å². The number of halogens is 1. The molecule has 0 aliphatic heterocycles. The first-order chi connectivity index (χ1) is 12.3. The fraction of sp³-hybridized carbons (Fsp3) is 0.333. The molecule has 8 heteroatoms. The summed E-state index contributed by atoms with van der Waals surface area (Å²) in [7, 11) is -2.05. The van der Waals surface area contributed by atoms with Gasteiger partial charge in [0.25, 0.3) is 0 Å². The third-order valence-corrected chi connectivity index (χ3v) is 5.19. The number of aromatic nitrogens is 1. The van der Waals surface area contributed by atoms with Crippen molar-refractivity contribution >= 4 is 15.9 Å². The predicted molar refractivity (Wildman–Crippen MR) is 97.2 cm³/mol. The molecule has 0 radical (unpaired) electrons. The minimum absolute atomic E-state index is 0.185. The van der Waals surface area contributed by atoms with Crippen molar-refractivity contribution in [3.05, 3.63) is 65.7 Å². The lowest BCUT2D eigenvalue weighted by atomic mass is 10.2. The second-order valence-corrected chi connectivity index (χ2v) is 8.03. The zero-order valence-electron chi connectivity index (χ0n) is 14.8. The van der Waals surface area contributed by atoms with Crippen LogP contribution in [-0.4, -0.2) is 54.9 Å². The summed E-state index contributed by atoms with van der Waals surface area (Å²) in [5, 5.41) is 0. The molecule has 1 aromatic carbocycles. The molecule has 2 rings (SSSR count). The van der Waals surface area contributed by atoms with Crippen LogP contribution >= 0.6 is 0 Å². The van der Waals surface area contributed by atoms with Crippen LogP contribution in [0.1, 0.15) is 11.1 Å². The molecule has 26 heavy (non-hydrogen) atoms. The van der Waals surface area contributed by atoms with Crippen molar-refractivity contribution in [2.24, 2.45) is 0 Å². The predicted octanol–water partition coefficient (Wildman–Crippen LogP) is 1.68. The van der Waals surface area contributed by atoms with E-state index in [2.05, 4.69) is 4.98 Å². The van der Waals surface area contributed by atoms with Gasteiger partial charge in [0.2, 0.25) is 15.9 Å². The zero-order chi connectivity index (χ0) is 19.2. The summed E-state index contributed by atoms with van der Waals surface area (Å²) in [6, 6.07) is 9.64. The quantitative estimate of drug-likeness (QED) is 0.700. The van der Waals surface area contributed by atoms with E-state index >= 15 is 0 Å². The highest BCUT2D eigenvalue weighted by atomic mass is 32.2. The number of benzene rings is 1. The summed E-state index contributed by atoms with van der Waals surface area (Å²) in [6.07, 6.45) is 5.00.